The van der Waals surface area contributed by atoms with Gasteiger partial charge in [0.2, 0.25) is 0 Å². The summed E-state index contributed by atoms with van der Waals surface area (Å²) in [6.45, 7) is 2.00. The number of hydrogen-bond acceptors (Lipinski definition) is 2. The van der Waals surface area contributed by atoms with Gasteiger partial charge in [0.05, 0.1) is 5.57 Å². The average molecular weight is 284 g/mol. The Morgan fingerprint density at radius 2 is 1.70 bits per heavy atom. The van der Waals surface area contributed by atoms with Crippen LogP contribution in [0.3, 0.4) is 0 Å². The zero-order chi connectivity index (χ0) is 14.9. The van der Waals surface area contributed by atoms with Gasteiger partial charge in [0, 0.05) is 0 Å². The van der Waals surface area contributed by atoms with Crippen LogP contribution in [0.15, 0.2) is 24.3 Å². The van der Waals surface area contributed by atoms with E-state index < -0.39 is 23.2 Å². The molecular formula is C15H15F3O2. The van der Waals surface area contributed by atoms with E-state index in [0.29, 0.717) is 17.6 Å². The number of unbranched alkanes of at least 4 members (excludes halogenated alkanes) is 2. The summed E-state index contributed by atoms with van der Waals surface area (Å²) >= 11 is 0. The van der Waals surface area contributed by atoms with Gasteiger partial charge in [-0.25, -0.2) is 0 Å². The maximum atomic E-state index is 13.0. The first-order chi connectivity index (χ1) is 9.34. The van der Waals surface area contributed by atoms with Gasteiger partial charge in [0.1, 0.15) is 0 Å². The quantitative estimate of drug-likeness (QED) is 0.627. The van der Waals surface area contributed by atoms with Gasteiger partial charge in [-0.1, -0.05) is 25.8 Å². The van der Waals surface area contributed by atoms with Crippen molar-refractivity contribution >= 4 is 11.1 Å². The van der Waals surface area contributed by atoms with Crippen LogP contribution < -0.4 is 0 Å². The van der Waals surface area contributed by atoms with E-state index in [9.17, 15) is 23.4 Å². The molecule has 5 heteroatoms. The fourth-order valence-corrected chi connectivity index (χ4v) is 2.21. The lowest BCUT2D eigenvalue weighted by molar-refractivity contribution is -0.0687. The lowest BCUT2D eigenvalue weighted by Crippen LogP contribution is -2.09. The van der Waals surface area contributed by atoms with Crippen LogP contribution in [0.25, 0.3) is 11.1 Å². The molecule has 0 saturated carbocycles. The molecule has 0 saturated heterocycles. The fraction of sp³-hybridized carbons (Fsp3) is 0.333. The lowest BCUT2D eigenvalue weighted by Gasteiger charge is -2.10. The van der Waals surface area contributed by atoms with E-state index in [4.69, 9.17) is 0 Å². The molecule has 1 aliphatic rings. The summed E-state index contributed by atoms with van der Waals surface area (Å²) in [6, 6.07) is 2.14. The second-order valence-corrected chi connectivity index (χ2v) is 4.74. The maximum Gasteiger partial charge on any atom is 0.417 e. The number of phenols is 2. The Bertz CT molecular complexity index is 584. The lowest BCUT2D eigenvalue weighted by atomic mass is 10.0. The van der Waals surface area contributed by atoms with E-state index in [0.717, 1.165) is 25.0 Å². The molecule has 2 N–H and O–H groups in total. The van der Waals surface area contributed by atoms with Crippen molar-refractivity contribution in [3.05, 3.63) is 35.4 Å². The molecule has 0 unspecified atom stereocenters. The second-order valence-electron chi connectivity index (χ2n) is 4.74. The number of aromatic hydroxyl groups is 2. The zero-order valence-corrected chi connectivity index (χ0v) is 11.0. The smallest absolute Gasteiger partial charge is 0.417 e. The van der Waals surface area contributed by atoms with Crippen LogP contribution in [0, 0.1) is 0 Å². The fourth-order valence-electron chi connectivity index (χ4n) is 2.21. The van der Waals surface area contributed by atoms with Crippen molar-refractivity contribution in [1.82, 2.24) is 0 Å². The van der Waals surface area contributed by atoms with Gasteiger partial charge in [-0.05, 0) is 41.3 Å². The molecule has 2 rings (SSSR count). The molecule has 0 amide bonds. The zero-order valence-electron chi connectivity index (χ0n) is 11.0. The van der Waals surface area contributed by atoms with Crippen LogP contribution in [0.2, 0.25) is 0 Å². The highest BCUT2D eigenvalue weighted by Gasteiger charge is 2.39. The molecule has 0 aromatic heterocycles. The minimum Gasteiger partial charge on any atom is -0.504 e. The van der Waals surface area contributed by atoms with Crippen LogP contribution in [-0.2, 0) is 0 Å². The van der Waals surface area contributed by atoms with Gasteiger partial charge in [-0.2, -0.15) is 13.2 Å². The summed E-state index contributed by atoms with van der Waals surface area (Å²) in [5.74, 6) is -0.962. The minimum atomic E-state index is -4.49. The first-order valence-electron chi connectivity index (χ1n) is 6.40. The van der Waals surface area contributed by atoms with Crippen LogP contribution in [0.4, 0.5) is 13.2 Å². The van der Waals surface area contributed by atoms with Crippen LogP contribution in [-0.4, -0.2) is 16.4 Å². The topological polar surface area (TPSA) is 40.5 Å². The number of fused-ring (bicyclic) bond motifs is 1. The summed E-state index contributed by atoms with van der Waals surface area (Å²) in [5, 5.41) is 18.9. The van der Waals surface area contributed by atoms with E-state index in [1.54, 1.807) is 6.08 Å². The van der Waals surface area contributed by atoms with Gasteiger partial charge >= 0.3 is 6.18 Å². The normalized spacial score (nSPS) is 16.4. The van der Waals surface area contributed by atoms with Crippen molar-refractivity contribution < 1.29 is 23.4 Å². The number of hydrogen-bond donors (Lipinski definition) is 2. The standard InChI is InChI=1S/C15H15F3O2/c1-2-3-4-5-9-6-12(15(16,17)18)11-8-14(20)13(19)7-10(9)11/h5-8,19-20H,2-4H2,1H3. The van der Waals surface area contributed by atoms with Crippen molar-refractivity contribution in [3.63, 3.8) is 0 Å². The van der Waals surface area contributed by atoms with Crippen LogP contribution in [0.1, 0.15) is 37.3 Å². The molecule has 0 aliphatic heterocycles. The molecule has 20 heavy (non-hydrogen) atoms. The Balaban J connectivity index is 2.51. The van der Waals surface area contributed by atoms with Gasteiger partial charge in [0.15, 0.2) is 11.5 Å². The first-order valence-corrected chi connectivity index (χ1v) is 6.40. The van der Waals surface area contributed by atoms with Crippen LogP contribution >= 0.6 is 0 Å². The van der Waals surface area contributed by atoms with Gasteiger partial charge in [0.25, 0.3) is 0 Å². The predicted molar refractivity (Wildman–Crippen MR) is 71.3 cm³/mol. The van der Waals surface area contributed by atoms with Gasteiger partial charge in [-0.3, -0.25) is 0 Å². The van der Waals surface area contributed by atoms with Crippen molar-refractivity contribution in [1.29, 1.82) is 0 Å². The summed E-state index contributed by atoms with van der Waals surface area (Å²) in [4.78, 5) is 0. The SMILES string of the molecule is CCCCC=C1C=C(C(F)(F)F)c2cc(O)c(O)cc21. The highest BCUT2D eigenvalue weighted by atomic mass is 19.4. The molecule has 0 fully saturated rings. The highest BCUT2D eigenvalue weighted by Crippen LogP contribution is 2.47. The molecule has 108 valence electrons. The van der Waals surface area contributed by atoms with Gasteiger partial charge < -0.3 is 10.2 Å². The third-order valence-corrected chi connectivity index (χ3v) is 3.24. The number of benzene rings is 1. The molecule has 0 spiro atoms. The van der Waals surface area contributed by atoms with Crippen LogP contribution in [0.5, 0.6) is 11.5 Å². The Morgan fingerprint density at radius 1 is 1.10 bits per heavy atom. The number of alkyl halides is 3. The Labute approximate surface area is 114 Å². The third kappa shape index (κ3) is 2.66. The predicted octanol–water partition coefficient (Wildman–Crippen LogP) is 4.63. The number of halogens is 3. The largest absolute Gasteiger partial charge is 0.504 e. The third-order valence-electron chi connectivity index (χ3n) is 3.24. The first kappa shape index (κ1) is 14.5. The monoisotopic (exact) mass is 284 g/mol. The summed E-state index contributed by atoms with van der Waals surface area (Å²) in [6.07, 6.45) is 0.829. The molecular weight excluding hydrogens is 269 g/mol. The van der Waals surface area contributed by atoms with Crippen molar-refractivity contribution in [2.45, 2.75) is 32.4 Å². The summed E-state index contributed by atoms with van der Waals surface area (Å²) < 4.78 is 39.0. The molecule has 0 atom stereocenters. The summed E-state index contributed by atoms with van der Waals surface area (Å²) in [5.41, 5.74) is -0.124. The molecule has 1 aromatic rings. The average Bonchev–Trinajstić information content (AvgIpc) is 2.69. The van der Waals surface area contributed by atoms with Gasteiger partial charge in [-0.15, -0.1) is 0 Å². The summed E-state index contributed by atoms with van der Waals surface area (Å²) in [7, 11) is 0. The van der Waals surface area contributed by atoms with E-state index in [1.165, 1.54) is 6.07 Å². The minimum absolute atomic E-state index is 0.0875. The molecule has 1 aromatic carbocycles. The Hall–Kier alpha value is -1.91. The van der Waals surface area contributed by atoms with Crippen molar-refractivity contribution in [3.8, 4) is 11.5 Å². The van der Waals surface area contributed by atoms with Crippen molar-refractivity contribution in [2.24, 2.45) is 0 Å². The van der Waals surface area contributed by atoms with Crippen molar-refractivity contribution in [2.75, 3.05) is 0 Å². The van der Waals surface area contributed by atoms with E-state index >= 15 is 0 Å². The van der Waals surface area contributed by atoms with E-state index in [-0.39, 0.29) is 5.56 Å². The molecule has 2 nitrogen and oxygen atoms in total. The Kier molecular flexibility index (Phi) is 3.79. The number of rotatable bonds is 3. The highest BCUT2D eigenvalue weighted by molar-refractivity contribution is 5.98. The Morgan fingerprint density at radius 3 is 2.25 bits per heavy atom. The van der Waals surface area contributed by atoms with E-state index in [2.05, 4.69) is 0 Å². The second kappa shape index (κ2) is 5.23. The molecule has 0 heterocycles. The molecule has 0 bridgehead atoms. The molecule has 1 aliphatic carbocycles. The molecule has 0 radical (unpaired) electrons. The number of allylic oxidation sites excluding steroid dienone is 4. The maximum absolute atomic E-state index is 13.0. The number of phenolic OH excluding ortho intramolecular Hbond substituents is 2. The van der Waals surface area contributed by atoms with E-state index in [1.807, 2.05) is 6.92 Å².